The smallest absolute Gasteiger partial charge is 0.444 e. The number of halogens is 2. The Hall–Kier alpha value is -13.2. The van der Waals surface area contributed by atoms with Crippen LogP contribution in [0.1, 0.15) is 236 Å². The number of H-pyrrole nitrogens is 1. The molecule has 4 aliphatic rings. The maximum absolute atomic E-state index is 13.2. The van der Waals surface area contributed by atoms with Crippen LogP contribution < -0.4 is 49.4 Å². The van der Waals surface area contributed by atoms with Gasteiger partial charge in [-0.15, -0.1) is 24.8 Å². The number of carbonyl (C=O) groups excluding carboxylic acids is 2. The maximum atomic E-state index is 13.2. The average Bonchev–Trinajstić information content (AvgIpc) is 1.61. The molecule has 0 radical (unpaired) electrons. The molecule has 6 N–H and O–H groups in total. The van der Waals surface area contributed by atoms with Gasteiger partial charge in [0.1, 0.15) is 32.7 Å². The first kappa shape index (κ1) is 116. The standard InChI is InChI=1S/C30H37N7O3.C25H29N7O.C17H21N5OS.C15H24BNO2.C14H20N2O2.C8H10N4OS.2ClH/c1-8-36-26(38)23-17-32-27(34-25(23)37(36)22-11-13-31-24(16-22)29(2,3)4)33-21-10-9-20-18-35(14-12-19(20)15-21)28(39)40-30(5,6)7;1-5-31-23(33)20-15-28-24(29-18-7-6-17-14-26-10-8-16(17)12-18)30-22(20)32(31)19-9-11-27-21(13-19)25(2,3)4;1-6-21-15(23)12-10-19-16(24-5)20-14(12)22(21)11-7-8-18-13(9-11)17(2,3)4;1-13(2,3)12-10-11(8-9-17-12)16-18-14(4,5)15(6,7)19-16;1-14(2,3)18-13(17)16-7-6-10-8-12(15)5-4-11(10)9-16;1-3-12-7(13)5-4-9-8(14-2)10-6(5)11-12;;/h9-11,13,15-17H,8,12,14,18H2,1-7H3,(H,32,33,34);6-7,9,11-13,15,26H,5,8,10,14H2,1-4H3,(H,28,29,30);7-10H,6H2,1-5H3;8-10H,1-7H3;4-5,8H,6-7,9,15H2,1-3H3;4H,3H2,1-2H3,(H,9,10,11);2*1H. The van der Waals surface area contributed by atoms with Crippen LogP contribution in [-0.2, 0) is 106 Å². The van der Waals surface area contributed by atoms with Gasteiger partial charge in [0.2, 0.25) is 11.9 Å². The predicted octanol–water partition coefficient (Wildman–Crippen LogP) is 19.0. The molecule has 1 fully saturated rings. The van der Waals surface area contributed by atoms with Crippen LogP contribution in [0.3, 0.4) is 0 Å². The molecule has 798 valence electrons. The van der Waals surface area contributed by atoms with E-state index >= 15 is 0 Å². The summed E-state index contributed by atoms with van der Waals surface area (Å²) in [5.41, 5.74) is 23.2. The van der Waals surface area contributed by atoms with Gasteiger partial charge in [0.25, 0.3) is 22.2 Å². The Morgan fingerprint density at radius 1 is 0.433 bits per heavy atom. The number of nitrogens with one attached hydrogen (secondary N) is 4. The largest absolute Gasteiger partial charge is 0.494 e. The van der Waals surface area contributed by atoms with E-state index in [0.717, 1.165) is 111 Å². The van der Waals surface area contributed by atoms with E-state index in [1.807, 2.05) is 181 Å². The van der Waals surface area contributed by atoms with Gasteiger partial charge >= 0.3 is 19.3 Å². The van der Waals surface area contributed by atoms with Crippen molar-refractivity contribution in [1.82, 2.24) is 113 Å². The molecule has 36 nitrogen and oxygen atoms in total. The molecule has 19 rings (SSSR count). The number of hydrogen-bond acceptors (Lipinski definition) is 28. The number of nitrogens with two attached hydrogens (primary N) is 1. The minimum Gasteiger partial charge on any atom is -0.444 e. The van der Waals surface area contributed by atoms with Crippen molar-refractivity contribution in [3.63, 3.8) is 0 Å². The molecular weight excluding hydrogens is 1980 g/mol. The summed E-state index contributed by atoms with van der Waals surface area (Å²) in [6.45, 7) is 59.2. The zero-order chi connectivity index (χ0) is 107. The molecule has 0 atom stereocenters. The van der Waals surface area contributed by atoms with E-state index in [1.165, 1.54) is 44.9 Å². The average molecular weight is 2120 g/mol. The minimum atomic E-state index is -0.526. The van der Waals surface area contributed by atoms with Gasteiger partial charge in [0.05, 0.1) is 28.3 Å². The summed E-state index contributed by atoms with van der Waals surface area (Å²) in [5.74, 6) is 0.856. The summed E-state index contributed by atoms with van der Waals surface area (Å²) in [5, 5.41) is 16.3. The van der Waals surface area contributed by atoms with E-state index < -0.39 is 11.2 Å². The van der Waals surface area contributed by atoms with Crippen molar-refractivity contribution in [2.45, 2.75) is 299 Å². The van der Waals surface area contributed by atoms with Crippen molar-refractivity contribution in [3.8, 4) is 17.1 Å². The normalized spacial score (nSPS) is 14.3. The van der Waals surface area contributed by atoms with Crippen molar-refractivity contribution in [2.75, 3.05) is 48.5 Å². The first-order valence-electron chi connectivity index (χ1n) is 50.2. The first-order chi connectivity index (χ1) is 69.7. The van der Waals surface area contributed by atoms with Gasteiger partial charge in [-0.3, -0.25) is 48.9 Å². The molecule has 4 aliphatic heterocycles. The Labute approximate surface area is 896 Å². The first-order valence-corrected chi connectivity index (χ1v) is 52.7. The number of benzene rings is 3. The third kappa shape index (κ3) is 26.9. The molecule has 0 unspecified atom stereocenters. The second-order valence-corrected chi connectivity index (χ2v) is 45.5. The summed E-state index contributed by atoms with van der Waals surface area (Å²) < 4.78 is 35.2. The summed E-state index contributed by atoms with van der Waals surface area (Å²) in [4.78, 5) is 132. The highest BCUT2D eigenvalue weighted by Crippen LogP contribution is 2.38. The van der Waals surface area contributed by atoms with E-state index in [1.54, 1.807) is 67.2 Å². The van der Waals surface area contributed by atoms with E-state index in [9.17, 15) is 28.8 Å². The Morgan fingerprint density at radius 3 is 1.21 bits per heavy atom. The number of pyridine rings is 4. The number of aryl methyl sites for hydroxylation is 1. The fourth-order valence-corrected chi connectivity index (χ4v) is 17.7. The number of rotatable bonds is 14. The number of thioether (sulfide) groups is 2. The predicted molar refractivity (Wildman–Crippen MR) is 603 cm³/mol. The monoisotopic (exact) mass is 2120 g/mol. The van der Waals surface area contributed by atoms with E-state index in [-0.39, 0.29) is 99.2 Å². The Balaban J connectivity index is 0.000000165. The lowest BCUT2D eigenvalue weighted by Gasteiger charge is -2.32. The molecule has 150 heavy (non-hydrogen) atoms. The molecule has 0 aliphatic carbocycles. The van der Waals surface area contributed by atoms with E-state index in [0.29, 0.717) is 119 Å². The van der Waals surface area contributed by atoms with Gasteiger partial charge in [0, 0.05) is 170 Å². The van der Waals surface area contributed by atoms with Gasteiger partial charge in [-0.1, -0.05) is 125 Å². The Bertz CT molecular complexity index is 7640. The third-order valence-corrected chi connectivity index (χ3v) is 26.9. The number of carbonyl (C=O) groups is 2. The van der Waals surface area contributed by atoms with Crippen molar-refractivity contribution in [2.24, 2.45) is 0 Å². The summed E-state index contributed by atoms with van der Waals surface area (Å²) in [6, 6.07) is 34.0. The number of fused-ring (bicyclic) bond motifs is 7. The lowest BCUT2D eigenvalue weighted by atomic mass is 9.77. The molecule has 16 heterocycles. The fourth-order valence-electron chi connectivity index (χ4n) is 17.0. The highest BCUT2D eigenvalue weighted by atomic mass is 35.5. The van der Waals surface area contributed by atoms with Crippen molar-refractivity contribution >= 4 is 146 Å². The highest BCUT2D eigenvalue weighted by molar-refractivity contribution is 7.98. The van der Waals surface area contributed by atoms with E-state index in [4.69, 9.17) is 34.5 Å². The van der Waals surface area contributed by atoms with Gasteiger partial charge in [-0.25, -0.2) is 67.6 Å². The maximum Gasteiger partial charge on any atom is 0.494 e. The summed E-state index contributed by atoms with van der Waals surface area (Å²) in [6.07, 6.45) is 19.4. The number of aromatic nitrogens is 20. The summed E-state index contributed by atoms with van der Waals surface area (Å²) in [7, 11) is -0.311. The zero-order valence-corrected chi connectivity index (χ0v) is 94.7. The van der Waals surface area contributed by atoms with Crippen molar-refractivity contribution in [1.29, 1.82) is 0 Å². The summed E-state index contributed by atoms with van der Waals surface area (Å²) >= 11 is 2.91. The lowest BCUT2D eigenvalue weighted by Crippen LogP contribution is -2.41. The Morgan fingerprint density at radius 2 is 0.807 bits per heavy atom. The second-order valence-electron chi connectivity index (χ2n) is 44.0. The molecule has 3 aromatic carbocycles. The highest BCUT2D eigenvalue weighted by Gasteiger charge is 2.52. The minimum absolute atomic E-state index is 0. The number of amides is 2. The van der Waals surface area contributed by atoms with E-state index in [2.05, 4.69) is 206 Å². The van der Waals surface area contributed by atoms with Crippen LogP contribution in [0.4, 0.5) is 38.5 Å². The molecule has 0 saturated carbocycles. The van der Waals surface area contributed by atoms with Crippen LogP contribution in [0, 0.1) is 0 Å². The molecule has 2 amide bonds. The number of nitrogen functional groups attached to an aromatic ring is 1. The van der Waals surface area contributed by atoms with Crippen LogP contribution in [0.2, 0.25) is 0 Å². The number of hydrogen-bond donors (Lipinski definition) is 5. The van der Waals surface area contributed by atoms with Crippen molar-refractivity contribution in [3.05, 3.63) is 250 Å². The molecule has 0 bridgehead atoms. The number of nitrogens with zero attached hydrogens (tertiary/aromatic N) is 21. The SMILES string of the molecule is CC(C)(C)OC(=O)N1CCc2cc(N)ccc2C1.CC(C)(C)c1cc(B2OC(C)(C)C(C)(C)O2)ccn1.CCn1[nH]c2nc(SC)ncc2c1=O.CCn1c(=O)c2cnc(Nc3ccc4c(c3)CCN(C(=O)OC(C)(C)C)C4)nc2n1-c1ccnc(C(C)(C)C)c1.CCn1c(=O)c2cnc(Nc3ccc4c(c3)CCNC4)nc2n1-c1ccnc(C(C)(C)C)c1.CCn1c(=O)c2cnc(SC)nc2n1-c1ccnc(C(C)(C)C)c1.Cl.Cl. The van der Waals surface area contributed by atoms with Crippen LogP contribution in [-0.4, -0.2) is 181 Å². The van der Waals surface area contributed by atoms with Gasteiger partial charge in [-0.05, 0) is 259 Å². The number of aromatic amines is 1. The molecular formula is C109H143BCl2N26O10S2. The molecule has 12 aromatic heterocycles. The lowest BCUT2D eigenvalue weighted by molar-refractivity contribution is 0.00578. The van der Waals surface area contributed by atoms with Crippen LogP contribution >= 0.6 is 48.3 Å². The zero-order valence-electron chi connectivity index (χ0n) is 91.4. The fraction of sp³-hybridized carbons (Fsp3) is 0.450. The van der Waals surface area contributed by atoms with Crippen molar-refractivity contribution < 1.29 is 28.4 Å². The third-order valence-electron chi connectivity index (χ3n) is 25.8. The molecule has 41 heteroatoms. The Kier molecular flexibility index (Phi) is 36.0. The van der Waals surface area contributed by atoms with Crippen LogP contribution in [0.15, 0.2) is 182 Å². The number of anilines is 5. The molecule has 15 aromatic rings. The topological polar surface area (TPSA) is 413 Å². The van der Waals surface area contributed by atoms with Crippen LogP contribution in [0.5, 0.6) is 0 Å². The van der Waals surface area contributed by atoms with Gasteiger partial charge in [0.15, 0.2) is 32.9 Å². The molecule has 0 spiro atoms. The second kappa shape index (κ2) is 46.7. The van der Waals surface area contributed by atoms with Gasteiger partial charge in [-0.2, -0.15) is 9.97 Å². The van der Waals surface area contributed by atoms with Crippen LogP contribution in [0.25, 0.3) is 61.2 Å². The van der Waals surface area contributed by atoms with Gasteiger partial charge < -0.3 is 50.3 Å². The molecule has 1 saturated heterocycles. The number of ether oxygens (including phenoxy) is 2. The quantitative estimate of drug-likeness (QED) is 0.0292.